The van der Waals surface area contributed by atoms with E-state index >= 15 is 0 Å². The van der Waals surface area contributed by atoms with Gasteiger partial charge in [-0.1, -0.05) is 19.6 Å². The van der Waals surface area contributed by atoms with Gasteiger partial charge in [0.25, 0.3) is 0 Å². The van der Waals surface area contributed by atoms with Gasteiger partial charge < -0.3 is 29.5 Å². The molecule has 2 aliphatic heterocycles. The molecule has 8 nitrogen and oxygen atoms in total. The third-order valence-electron chi connectivity index (χ3n) is 6.55. The van der Waals surface area contributed by atoms with Gasteiger partial charge in [-0.25, -0.2) is 0 Å². The molecule has 7 atom stereocenters. The number of hydrogen-bond acceptors (Lipinski definition) is 8. The maximum Gasteiger partial charge on any atom is 0.170 e. The fraction of sp³-hybridized carbons (Fsp3) is 0.600. The van der Waals surface area contributed by atoms with E-state index in [1.807, 2.05) is 6.92 Å². The highest BCUT2D eigenvalue weighted by Crippen LogP contribution is 2.42. The van der Waals surface area contributed by atoms with Crippen LogP contribution in [0, 0.1) is 5.92 Å². The molecule has 0 aliphatic carbocycles. The van der Waals surface area contributed by atoms with Crippen LogP contribution in [-0.2, 0) is 14.3 Å². The Balaban J connectivity index is 1.65. The van der Waals surface area contributed by atoms with Crippen LogP contribution >= 0.6 is 0 Å². The lowest BCUT2D eigenvalue weighted by atomic mass is 9.79. The van der Waals surface area contributed by atoms with Crippen molar-refractivity contribution in [3.8, 4) is 5.75 Å². The first-order valence-electron chi connectivity index (χ1n) is 11.4. The average molecular weight is 463 g/mol. The minimum Gasteiger partial charge on any atom is -0.490 e. The number of ketones is 2. The Kier molecular flexibility index (Phi) is 8.42. The average Bonchev–Trinajstić information content (AvgIpc) is 3.54. The van der Waals surface area contributed by atoms with Gasteiger partial charge in [0.2, 0.25) is 0 Å². The second kappa shape index (κ2) is 10.9. The smallest absolute Gasteiger partial charge is 0.170 e. The second-order valence-electron chi connectivity index (χ2n) is 9.10. The van der Waals surface area contributed by atoms with E-state index in [1.165, 1.54) is 0 Å². The summed E-state index contributed by atoms with van der Waals surface area (Å²) in [4.78, 5) is 25.5. The lowest BCUT2D eigenvalue weighted by Crippen LogP contribution is -2.57. The number of hydrogen-bond donors (Lipinski definition) is 3. The first kappa shape index (κ1) is 25.5. The standard InChI is InChI=1S/C25H34O8/c1-4-10-31-19-7-5-17(6-8-19)21(29)12-18(27)13-25(24(30)20(28)9-11-32-25)14-22-23(33-22)15(2)16(3)26/h4-8,15-16,20,22-24,26,28,30H,1,9-14H2,2-3H3/t15-,16-,20?,22-,23-,24?,25+/m0/s1. The largest absolute Gasteiger partial charge is 0.490 e. The number of ether oxygens (including phenoxy) is 3. The van der Waals surface area contributed by atoms with Crippen molar-refractivity contribution >= 4 is 11.6 Å². The van der Waals surface area contributed by atoms with Crippen LogP contribution in [0.3, 0.4) is 0 Å². The summed E-state index contributed by atoms with van der Waals surface area (Å²) in [5.74, 6) is -0.260. The molecule has 0 bridgehead atoms. The van der Waals surface area contributed by atoms with Crippen molar-refractivity contribution in [2.75, 3.05) is 13.2 Å². The Labute approximate surface area is 194 Å². The summed E-state index contributed by atoms with van der Waals surface area (Å²) in [6.07, 6.45) is -1.88. The van der Waals surface area contributed by atoms with Crippen molar-refractivity contribution in [2.45, 2.75) is 75.7 Å². The van der Waals surface area contributed by atoms with Crippen molar-refractivity contribution in [3.05, 3.63) is 42.5 Å². The molecule has 2 saturated heterocycles. The summed E-state index contributed by atoms with van der Waals surface area (Å²) in [7, 11) is 0. The third-order valence-corrected chi connectivity index (χ3v) is 6.55. The van der Waals surface area contributed by atoms with Crippen molar-refractivity contribution in [1.82, 2.24) is 0 Å². The molecule has 3 N–H and O–H groups in total. The molecule has 1 aromatic rings. The van der Waals surface area contributed by atoms with Crippen LogP contribution < -0.4 is 4.74 Å². The van der Waals surface area contributed by atoms with Crippen LogP contribution in [0.25, 0.3) is 0 Å². The number of carbonyl (C=O) groups is 2. The van der Waals surface area contributed by atoms with Crippen LogP contribution in [0.5, 0.6) is 5.75 Å². The van der Waals surface area contributed by atoms with E-state index in [0.717, 1.165) is 0 Å². The molecule has 2 fully saturated rings. The van der Waals surface area contributed by atoms with Gasteiger partial charge in [-0.05, 0) is 37.6 Å². The molecule has 3 rings (SSSR count). The Morgan fingerprint density at radius 2 is 1.97 bits per heavy atom. The number of aliphatic hydroxyl groups excluding tert-OH is 3. The zero-order valence-corrected chi connectivity index (χ0v) is 19.2. The number of epoxide rings is 1. The Bertz CT molecular complexity index is 835. The topological polar surface area (TPSA) is 126 Å². The highest BCUT2D eigenvalue weighted by molar-refractivity contribution is 6.08. The molecular weight excluding hydrogens is 428 g/mol. The van der Waals surface area contributed by atoms with E-state index < -0.39 is 23.9 Å². The maximum atomic E-state index is 12.9. The summed E-state index contributed by atoms with van der Waals surface area (Å²) >= 11 is 0. The van der Waals surface area contributed by atoms with Crippen molar-refractivity contribution in [3.63, 3.8) is 0 Å². The van der Waals surface area contributed by atoms with E-state index in [-0.39, 0.29) is 62.0 Å². The molecule has 2 heterocycles. The van der Waals surface area contributed by atoms with Crippen molar-refractivity contribution in [1.29, 1.82) is 0 Å². The van der Waals surface area contributed by atoms with Crippen LogP contribution in [0.1, 0.15) is 49.9 Å². The number of Topliss-reactive ketones (excluding diaryl/α,β-unsaturated/α-hetero) is 2. The molecule has 182 valence electrons. The van der Waals surface area contributed by atoms with Crippen molar-refractivity contribution in [2.24, 2.45) is 5.92 Å². The number of carbonyl (C=O) groups excluding carboxylic acids is 2. The highest BCUT2D eigenvalue weighted by Gasteiger charge is 2.55. The maximum absolute atomic E-state index is 12.9. The minimum atomic E-state index is -1.34. The Morgan fingerprint density at radius 3 is 2.61 bits per heavy atom. The molecule has 2 unspecified atom stereocenters. The van der Waals surface area contributed by atoms with Gasteiger partial charge in [-0.15, -0.1) is 0 Å². The fourth-order valence-electron chi connectivity index (χ4n) is 4.35. The van der Waals surface area contributed by atoms with Crippen LogP contribution in [-0.4, -0.2) is 76.2 Å². The van der Waals surface area contributed by atoms with Gasteiger partial charge in [0.05, 0.1) is 37.4 Å². The molecule has 0 saturated carbocycles. The van der Waals surface area contributed by atoms with Gasteiger partial charge in [0.1, 0.15) is 29.8 Å². The van der Waals surface area contributed by atoms with E-state index in [0.29, 0.717) is 17.9 Å². The molecule has 0 spiro atoms. The summed E-state index contributed by atoms with van der Waals surface area (Å²) in [5, 5.41) is 30.8. The molecule has 0 aromatic heterocycles. The van der Waals surface area contributed by atoms with E-state index in [9.17, 15) is 24.9 Å². The molecule has 1 aromatic carbocycles. The molecule has 2 aliphatic rings. The lowest BCUT2D eigenvalue weighted by molar-refractivity contribution is -0.204. The van der Waals surface area contributed by atoms with E-state index in [2.05, 4.69) is 6.58 Å². The van der Waals surface area contributed by atoms with E-state index in [4.69, 9.17) is 14.2 Å². The quantitative estimate of drug-likeness (QED) is 0.186. The minimum absolute atomic E-state index is 0.117. The van der Waals surface area contributed by atoms with E-state index in [1.54, 1.807) is 37.3 Å². The van der Waals surface area contributed by atoms with Crippen LogP contribution in [0.2, 0.25) is 0 Å². The third kappa shape index (κ3) is 6.28. The van der Waals surface area contributed by atoms with Crippen LogP contribution in [0.15, 0.2) is 36.9 Å². The van der Waals surface area contributed by atoms with Gasteiger partial charge >= 0.3 is 0 Å². The predicted octanol–water partition coefficient (Wildman–Crippen LogP) is 1.84. The summed E-state index contributed by atoms with van der Waals surface area (Å²) < 4.78 is 17.0. The summed E-state index contributed by atoms with van der Waals surface area (Å²) in [6.45, 7) is 7.67. The number of benzene rings is 1. The summed E-state index contributed by atoms with van der Waals surface area (Å²) in [6, 6.07) is 6.50. The van der Waals surface area contributed by atoms with Gasteiger partial charge in [0.15, 0.2) is 5.78 Å². The number of rotatable bonds is 12. The van der Waals surface area contributed by atoms with Crippen molar-refractivity contribution < 1.29 is 39.1 Å². The SMILES string of the molecule is C=CCOc1ccc(C(=O)CC(=O)C[C@]2(C[C@@H]3O[C@H]3[C@@H](C)[C@H](C)O)OCCC(O)C2O)cc1. The zero-order valence-electron chi connectivity index (χ0n) is 19.2. The van der Waals surface area contributed by atoms with Gasteiger partial charge in [0, 0.05) is 24.3 Å². The Hall–Kier alpha value is -2.10. The van der Waals surface area contributed by atoms with Gasteiger partial charge in [-0.2, -0.15) is 0 Å². The monoisotopic (exact) mass is 462 g/mol. The molecule has 0 amide bonds. The molecule has 0 radical (unpaired) electrons. The predicted molar refractivity (Wildman–Crippen MR) is 120 cm³/mol. The molecule has 8 heteroatoms. The fourth-order valence-corrected chi connectivity index (χ4v) is 4.35. The number of aliphatic hydroxyl groups is 3. The first-order valence-corrected chi connectivity index (χ1v) is 11.4. The second-order valence-corrected chi connectivity index (χ2v) is 9.10. The highest BCUT2D eigenvalue weighted by atomic mass is 16.6. The first-order chi connectivity index (χ1) is 15.7. The summed E-state index contributed by atoms with van der Waals surface area (Å²) in [5.41, 5.74) is -0.959. The normalized spacial score (nSPS) is 30.8. The van der Waals surface area contributed by atoms with Gasteiger partial charge in [-0.3, -0.25) is 9.59 Å². The Morgan fingerprint density at radius 1 is 1.27 bits per heavy atom. The zero-order chi connectivity index (χ0) is 24.2. The molecular formula is C25H34O8. The van der Waals surface area contributed by atoms with Crippen LogP contribution in [0.4, 0.5) is 0 Å². The lowest BCUT2D eigenvalue weighted by Gasteiger charge is -2.43. The molecule has 33 heavy (non-hydrogen) atoms.